The van der Waals surface area contributed by atoms with Gasteiger partial charge in [-0.3, -0.25) is 9.78 Å². The average molecular weight is 395 g/mol. The first-order valence-electron chi connectivity index (χ1n) is 10.7. The van der Waals surface area contributed by atoms with Gasteiger partial charge in [0.1, 0.15) is 12.4 Å². The Bertz CT molecular complexity index is 764. The number of carbonyl (C=O) groups excluding carboxylic acids is 1. The number of benzene rings is 1. The molecule has 2 fully saturated rings. The summed E-state index contributed by atoms with van der Waals surface area (Å²) >= 11 is 0. The van der Waals surface area contributed by atoms with E-state index in [-0.39, 0.29) is 5.92 Å². The number of nitrogens with zero attached hydrogens (tertiary/aromatic N) is 2. The standard InChI is InChI=1S/C24H30N2O3/c27-24(22-9-15-28-16-10-22)26-13-7-20(8-14-26)17-19-1-3-21(4-2-19)18-29-23-5-11-25-12-6-23/h1-6,11-12,20,22H,7-10,13-18H2. The van der Waals surface area contributed by atoms with Gasteiger partial charge < -0.3 is 14.4 Å². The first kappa shape index (κ1) is 19.9. The van der Waals surface area contributed by atoms with Crippen molar-refractivity contribution in [1.82, 2.24) is 9.88 Å². The maximum atomic E-state index is 12.7. The molecule has 2 saturated heterocycles. The molecule has 0 unspecified atom stereocenters. The van der Waals surface area contributed by atoms with Gasteiger partial charge in [0, 0.05) is 44.6 Å². The molecule has 0 atom stereocenters. The largest absolute Gasteiger partial charge is 0.489 e. The highest BCUT2D eigenvalue weighted by atomic mass is 16.5. The van der Waals surface area contributed by atoms with Crippen LogP contribution in [0.2, 0.25) is 0 Å². The molecule has 2 aromatic rings. The molecule has 5 nitrogen and oxygen atoms in total. The van der Waals surface area contributed by atoms with Crippen molar-refractivity contribution in [1.29, 1.82) is 0 Å². The van der Waals surface area contributed by atoms with E-state index in [4.69, 9.17) is 9.47 Å². The summed E-state index contributed by atoms with van der Waals surface area (Å²) in [4.78, 5) is 18.8. The van der Waals surface area contributed by atoms with E-state index >= 15 is 0 Å². The summed E-state index contributed by atoms with van der Waals surface area (Å²) in [5.41, 5.74) is 2.54. The Morgan fingerprint density at radius 3 is 2.31 bits per heavy atom. The number of ether oxygens (including phenoxy) is 2. The van der Waals surface area contributed by atoms with E-state index in [0.29, 0.717) is 18.4 Å². The van der Waals surface area contributed by atoms with Crippen molar-refractivity contribution in [2.45, 2.75) is 38.7 Å². The van der Waals surface area contributed by atoms with E-state index in [0.717, 1.165) is 64.2 Å². The van der Waals surface area contributed by atoms with E-state index in [1.807, 2.05) is 12.1 Å². The second-order valence-electron chi connectivity index (χ2n) is 8.15. The van der Waals surface area contributed by atoms with E-state index in [2.05, 4.69) is 34.1 Å². The van der Waals surface area contributed by atoms with Crippen LogP contribution < -0.4 is 4.74 Å². The maximum Gasteiger partial charge on any atom is 0.225 e. The summed E-state index contributed by atoms with van der Waals surface area (Å²) < 4.78 is 11.2. The number of pyridine rings is 1. The van der Waals surface area contributed by atoms with Crippen LogP contribution in [-0.2, 0) is 22.6 Å². The Morgan fingerprint density at radius 1 is 0.966 bits per heavy atom. The highest BCUT2D eigenvalue weighted by Gasteiger charge is 2.29. The van der Waals surface area contributed by atoms with Crippen LogP contribution in [-0.4, -0.2) is 42.1 Å². The third kappa shape index (κ3) is 5.57. The lowest BCUT2D eigenvalue weighted by Gasteiger charge is -2.35. The SMILES string of the molecule is O=C(C1CCOCC1)N1CCC(Cc2ccc(COc3ccncc3)cc2)CC1. The number of amides is 1. The van der Waals surface area contributed by atoms with Crippen molar-refractivity contribution < 1.29 is 14.3 Å². The molecule has 2 aliphatic heterocycles. The average Bonchev–Trinajstić information content (AvgIpc) is 2.80. The molecule has 29 heavy (non-hydrogen) atoms. The predicted molar refractivity (Wildman–Crippen MR) is 112 cm³/mol. The molecule has 154 valence electrons. The van der Waals surface area contributed by atoms with Crippen LogP contribution >= 0.6 is 0 Å². The Labute approximate surface area is 173 Å². The molecule has 1 aromatic carbocycles. The molecule has 4 rings (SSSR count). The molecule has 1 aromatic heterocycles. The number of carbonyl (C=O) groups is 1. The number of piperidine rings is 1. The van der Waals surface area contributed by atoms with Gasteiger partial charge in [0.25, 0.3) is 0 Å². The van der Waals surface area contributed by atoms with Gasteiger partial charge in [-0.15, -0.1) is 0 Å². The van der Waals surface area contributed by atoms with Crippen LogP contribution in [0.15, 0.2) is 48.8 Å². The van der Waals surface area contributed by atoms with Crippen LogP contribution in [0.25, 0.3) is 0 Å². The van der Waals surface area contributed by atoms with Crippen LogP contribution in [0.3, 0.4) is 0 Å². The molecule has 0 bridgehead atoms. The summed E-state index contributed by atoms with van der Waals surface area (Å²) in [6, 6.07) is 12.5. The molecule has 0 N–H and O–H groups in total. The van der Waals surface area contributed by atoms with Crippen molar-refractivity contribution in [3.8, 4) is 5.75 Å². The van der Waals surface area contributed by atoms with Crippen molar-refractivity contribution in [2.75, 3.05) is 26.3 Å². The molecule has 2 aliphatic rings. The lowest BCUT2D eigenvalue weighted by Crippen LogP contribution is -2.43. The maximum absolute atomic E-state index is 12.7. The van der Waals surface area contributed by atoms with E-state index < -0.39 is 0 Å². The Kier molecular flexibility index (Phi) is 6.78. The number of aromatic nitrogens is 1. The van der Waals surface area contributed by atoms with Crippen LogP contribution in [0, 0.1) is 11.8 Å². The Morgan fingerprint density at radius 2 is 1.62 bits per heavy atom. The summed E-state index contributed by atoms with van der Waals surface area (Å²) in [7, 11) is 0. The van der Waals surface area contributed by atoms with Gasteiger partial charge >= 0.3 is 0 Å². The van der Waals surface area contributed by atoms with Gasteiger partial charge in [0.15, 0.2) is 0 Å². The van der Waals surface area contributed by atoms with Crippen molar-refractivity contribution in [2.24, 2.45) is 11.8 Å². The Hall–Kier alpha value is -2.40. The van der Waals surface area contributed by atoms with Crippen LogP contribution in [0.5, 0.6) is 5.75 Å². The highest BCUT2D eigenvalue weighted by molar-refractivity contribution is 5.79. The van der Waals surface area contributed by atoms with Gasteiger partial charge in [0.05, 0.1) is 0 Å². The van der Waals surface area contributed by atoms with E-state index in [1.165, 1.54) is 11.1 Å². The van der Waals surface area contributed by atoms with Gasteiger partial charge in [-0.05, 0) is 61.3 Å². The zero-order valence-corrected chi connectivity index (χ0v) is 17.0. The molecule has 0 spiro atoms. The normalized spacial score (nSPS) is 18.6. The van der Waals surface area contributed by atoms with Gasteiger partial charge in [-0.25, -0.2) is 0 Å². The first-order valence-corrected chi connectivity index (χ1v) is 10.7. The summed E-state index contributed by atoms with van der Waals surface area (Å²) in [6.45, 7) is 3.83. The topological polar surface area (TPSA) is 51.7 Å². The summed E-state index contributed by atoms with van der Waals surface area (Å²) in [5.74, 6) is 2.03. The van der Waals surface area contributed by atoms with Crippen molar-refractivity contribution in [3.63, 3.8) is 0 Å². The van der Waals surface area contributed by atoms with Crippen LogP contribution in [0.1, 0.15) is 36.8 Å². The lowest BCUT2D eigenvalue weighted by atomic mass is 9.89. The second kappa shape index (κ2) is 9.88. The third-order valence-electron chi connectivity index (χ3n) is 6.10. The van der Waals surface area contributed by atoms with Gasteiger partial charge in [-0.2, -0.15) is 0 Å². The Balaban J connectivity index is 1.21. The van der Waals surface area contributed by atoms with Crippen LogP contribution in [0.4, 0.5) is 0 Å². The first-order chi connectivity index (χ1) is 14.3. The lowest BCUT2D eigenvalue weighted by molar-refractivity contribution is -0.139. The molecule has 1 amide bonds. The number of rotatable bonds is 6. The molecule has 3 heterocycles. The molecule has 0 aliphatic carbocycles. The minimum absolute atomic E-state index is 0.183. The molecule has 5 heteroatoms. The molecular weight excluding hydrogens is 364 g/mol. The zero-order chi connectivity index (χ0) is 19.9. The van der Waals surface area contributed by atoms with E-state index in [9.17, 15) is 4.79 Å². The monoisotopic (exact) mass is 394 g/mol. The van der Waals surface area contributed by atoms with Crippen molar-refractivity contribution in [3.05, 3.63) is 59.9 Å². The summed E-state index contributed by atoms with van der Waals surface area (Å²) in [6.07, 6.45) is 8.53. The number of hydrogen-bond acceptors (Lipinski definition) is 4. The third-order valence-corrected chi connectivity index (χ3v) is 6.10. The molecule has 0 radical (unpaired) electrons. The van der Waals surface area contributed by atoms with Crippen molar-refractivity contribution >= 4 is 5.91 Å². The molecule has 0 saturated carbocycles. The highest BCUT2D eigenvalue weighted by Crippen LogP contribution is 2.25. The minimum Gasteiger partial charge on any atom is -0.489 e. The molecular formula is C24H30N2O3. The fraction of sp³-hybridized carbons (Fsp3) is 0.500. The quantitative estimate of drug-likeness (QED) is 0.746. The fourth-order valence-electron chi connectivity index (χ4n) is 4.27. The smallest absolute Gasteiger partial charge is 0.225 e. The van der Waals surface area contributed by atoms with Gasteiger partial charge in [0.2, 0.25) is 5.91 Å². The fourth-order valence-corrected chi connectivity index (χ4v) is 4.27. The number of likely N-dealkylation sites (tertiary alicyclic amines) is 1. The minimum atomic E-state index is 0.183. The summed E-state index contributed by atoms with van der Waals surface area (Å²) in [5, 5.41) is 0. The van der Waals surface area contributed by atoms with E-state index in [1.54, 1.807) is 12.4 Å². The zero-order valence-electron chi connectivity index (χ0n) is 17.0. The number of hydrogen-bond donors (Lipinski definition) is 0. The predicted octanol–water partition coefficient (Wildman–Crippen LogP) is 3.87. The van der Waals surface area contributed by atoms with Gasteiger partial charge in [-0.1, -0.05) is 24.3 Å². The second-order valence-corrected chi connectivity index (χ2v) is 8.15.